The first kappa shape index (κ1) is 21.0. The van der Waals surface area contributed by atoms with Crippen molar-refractivity contribution >= 4 is 17.5 Å². The molecule has 0 aliphatic carbocycles. The molecule has 2 rings (SSSR count). The molecule has 1 aromatic carbocycles. The van der Waals surface area contributed by atoms with Gasteiger partial charge in [0.1, 0.15) is 11.6 Å². The van der Waals surface area contributed by atoms with Gasteiger partial charge in [0.2, 0.25) is 5.95 Å². The van der Waals surface area contributed by atoms with Gasteiger partial charge in [-0.15, -0.1) is 0 Å². The zero-order valence-electron chi connectivity index (χ0n) is 17.2. The SMILES string of the molecule is CCN(CC)CCCC(C)Nc1cc(C)nc(Nc2ccccc2OC)n1. The summed E-state index contributed by atoms with van der Waals surface area (Å²) in [5.74, 6) is 2.18. The number of hydrogen-bond donors (Lipinski definition) is 2. The largest absolute Gasteiger partial charge is 0.495 e. The highest BCUT2D eigenvalue weighted by Gasteiger charge is 2.09. The van der Waals surface area contributed by atoms with Gasteiger partial charge in [0, 0.05) is 17.8 Å². The number of ether oxygens (including phenoxy) is 1. The zero-order valence-corrected chi connectivity index (χ0v) is 17.2. The van der Waals surface area contributed by atoms with Crippen molar-refractivity contribution in [2.75, 3.05) is 37.4 Å². The Balaban J connectivity index is 1.98. The van der Waals surface area contributed by atoms with Crippen LogP contribution in [0.3, 0.4) is 0 Å². The zero-order chi connectivity index (χ0) is 19.6. The lowest BCUT2D eigenvalue weighted by molar-refractivity contribution is 0.295. The second kappa shape index (κ2) is 10.7. The smallest absolute Gasteiger partial charge is 0.229 e. The van der Waals surface area contributed by atoms with Crippen LogP contribution >= 0.6 is 0 Å². The van der Waals surface area contributed by atoms with Crippen molar-refractivity contribution in [3.8, 4) is 5.75 Å². The summed E-state index contributed by atoms with van der Waals surface area (Å²) in [6.45, 7) is 12.0. The van der Waals surface area contributed by atoms with E-state index in [2.05, 4.69) is 46.3 Å². The molecule has 0 aliphatic rings. The van der Waals surface area contributed by atoms with Gasteiger partial charge in [-0.2, -0.15) is 4.98 Å². The first-order valence-corrected chi connectivity index (χ1v) is 9.80. The van der Waals surface area contributed by atoms with Crippen LogP contribution in [-0.4, -0.2) is 47.7 Å². The minimum atomic E-state index is 0.356. The molecule has 1 heterocycles. The van der Waals surface area contributed by atoms with E-state index in [1.165, 1.54) is 6.42 Å². The lowest BCUT2D eigenvalue weighted by atomic mass is 10.1. The van der Waals surface area contributed by atoms with Crippen LogP contribution in [0.5, 0.6) is 5.75 Å². The van der Waals surface area contributed by atoms with Gasteiger partial charge in [0.05, 0.1) is 12.8 Å². The molecule has 6 heteroatoms. The maximum absolute atomic E-state index is 5.39. The van der Waals surface area contributed by atoms with Crippen molar-refractivity contribution in [1.29, 1.82) is 0 Å². The molecule has 2 aromatic rings. The fraction of sp³-hybridized carbons (Fsp3) is 0.524. The average Bonchev–Trinajstić information content (AvgIpc) is 2.65. The van der Waals surface area contributed by atoms with Gasteiger partial charge < -0.3 is 20.3 Å². The van der Waals surface area contributed by atoms with E-state index in [4.69, 9.17) is 4.74 Å². The molecular weight excluding hydrogens is 338 g/mol. The standard InChI is InChI=1S/C21H33N5O/c1-6-26(7-2)14-10-11-16(3)22-20-15-17(4)23-21(25-20)24-18-12-8-9-13-19(18)27-5/h8-9,12-13,15-16H,6-7,10-11,14H2,1-5H3,(H2,22,23,24,25). The highest BCUT2D eigenvalue weighted by Crippen LogP contribution is 2.26. The molecule has 0 fully saturated rings. The molecule has 0 amide bonds. The third-order valence-electron chi connectivity index (χ3n) is 4.61. The molecule has 148 valence electrons. The van der Waals surface area contributed by atoms with Gasteiger partial charge >= 0.3 is 0 Å². The number of para-hydroxylation sites is 2. The van der Waals surface area contributed by atoms with Gasteiger partial charge in [-0.05, 0) is 58.5 Å². The number of aromatic nitrogens is 2. The summed E-state index contributed by atoms with van der Waals surface area (Å²) < 4.78 is 5.39. The molecule has 0 spiro atoms. The molecule has 27 heavy (non-hydrogen) atoms. The van der Waals surface area contributed by atoms with Crippen LogP contribution in [0.15, 0.2) is 30.3 Å². The summed E-state index contributed by atoms with van der Waals surface area (Å²) in [4.78, 5) is 11.6. The molecule has 0 saturated heterocycles. The summed E-state index contributed by atoms with van der Waals surface area (Å²) in [5, 5.41) is 6.76. The van der Waals surface area contributed by atoms with E-state index in [0.717, 1.165) is 49.0 Å². The minimum absolute atomic E-state index is 0.356. The summed E-state index contributed by atoms with van der Waals surface area (Å²) in [7, 11) is 1.66. The number of nitrogens with one attached hydrogen (secondary N) is 2. The molecule has 0 radical (unpaired) electrons. The Kier molecular flexibility index (Phi) is 8.33. The number of benzene rings is 1. The van der Waals surface area contributed by atoms with Gasteiger partial charge in [-0.3, -0.25) is 0 Å². The predicted octanol–water partition coefficient (Wildman–Crippen LogP) is 4.46. The van der Waals surface area contributed by atoms with Crippen molar-refractivity contribution in [2.24, 2.45) is 0 Å². The Morgan fingerprint density at radius 1 is 1.15 bits per heavy atom. The van der Waals surface area contributed by atoms with Crippen LogP contribution < -0.4 is 15.4 Å². The molecular formula is C21H33N5O. The fourth-order valence-electron chi connectivity index (χ4n) is 3.05. The first-order chi connectivity index (χ1) is 13.0. The van der Waals surface area contributed by atoms with Crippen LogP contribution in [0.1, 0.15) is 39.3 Å². The van der Waals surface area contributed by atoms with Crippen LogP contribution in [0, 0.1) is 6.92 Å². The predicted molar refractivity (Wildman–Crippen MR) is 113 cm³/mol. The van der Waals surface area contributed by atoms with Crippen LogP contribution in [0.25, 0.3) is 0 Å². The molecule has 1 aromatic heterocycles. The van der Waals surface area contributed by atoms with E-state index >= 15 is 0 Å². The van der Waals surface area contributed by atoms with E-state index in [0.29, 0.717) is 12.0 Å². The Bertz CT molecular complexity index is 703. The van der Waals surface area contributed by atoms with Gasteiger partial charge in [-0.25, -0.2) is 4.98 Å². The van der Waals surface area contributed by atoms with E-state index in [1.807, 2.05) is 37.3 Å². The number of aryl methyl sites for hydroxylation is 1. The second-order valence-corrected chi connectivity index (χ2v) is 6.76. The van der Waals surface area contributed by atoms with Crippen molar-refractivity contribution in [3.63, 3.8) is 0 Å². The third-order valence-corrected chi connectivity index (χ3v) is 4.61. The molecule has 6 nitrogen and oxygen atoms in total. The maximum atomic E-state index is 5.39. The molecule has 1 unspecified atom stereocenters. The quantitative estimate of drug-likeness (QED) is 0.608. The van der Waals surface area contributed by atoms with Crippen molar-refractivity contribution in [3.05, 3.63) is 36.0 Å². The monoisotopic (exact) mass is 371 g/mol. The Morgan fingerprint density at radius 2 is 1.89 bits per heavy atom. The summed E-state index contributed by atoms with van der Waals surface area (Å²) >= 11 is 0. The van der Waals surface area contributed by atoms with E-state index in [-0.39, 0.29) is 0 Å². The Labute approximate surface area is 163 Å². The number of anilines is 3. The number of methoxy groups -OCH3 is 1. The molecule has 0 saturated carbocycles. The topological polar surface area (TPSA) is 62.3 Å². The van der Waals surface area contributed by atoms with E-state index < -0.39 is 0 Å². The maximum Gasteiger partial charge on any atom is 0.229 e. The third kappa shape index (κ3) is 6.71. The first-order valence-electron chi connectivity index (χ1n) is 9.80. The highest BCUT2D eigenvalue weighted by atomic mass is 16.5. The Hall–Kier alpha value is -2.34. The van der Waals surface area contributed by atoms with E-state index in [9.17, 15) is 0 Å². The Morgan fingerprint density at radius 3 is 2.59 bits per heavy atom. The normalized spacial score (nSPS) is 12.1. The second-order valence-electron chi connectivity index (χ2n) is 6.76. The van der Waals surface area contributed by atoms with Gasteiger partial charge in [0.15, 0.2) is 0 Å². The number of nitrogens with zero attached hydrogens (tertiary/aromatic N) is 3. The number of rotatable bonds is 11. The fourth-order valence-corrected chi connectivity index (χ4v) is 3.05. The number of hydrogen-bond acceptors (Lipinski definition) is 6. The van der Waals surface area contributed by atoms with Crippen LogP contribution in [-0.2, 0) is 0 Å². The van der Waals surface area contributed by atoms with Crippen molar-refractivity contribution in [1.82, 2.24) is 14.9 Å². The van der Waals surface area contributed by atoms with Gasteiger partial charge in [0.25, 0.3) is 0 Å². The lowest BCUT2D eigenvalue weighted by Gasteiger charge is -2.20. The van der Waals surface area contributed by atoms with Crippen LogP contribution in [0.4, 0.5) is 17.5 Å². The summed E-state index contributed by atoms with van der Waals surface area (Å²) in [5.41, 5.74) is 1.77. The molecule has 1 atom stereocenters. The van der Waals surface area contributed by atoms with Crippen LogP contribution in [0.2, 0.25) is 0 Å². The highest BCUT2D eigenvalue weighted by molar-refractivity contribution is 5.63. The average molecular weight is 372 g/mol. The summed E-state index contributed by atoms with van der Waals surface area (Å²) in [6, 6.07) is 10.1. The summed E-state index contributed by atoms with van der Waals surface area (Å²) in [6.07, 6.45) is 2.28. The lowest BCUT2D eigenvalue weighted by Crippen LogP contribution is -2.25. The minimum Gasteiger partial charge on any atom is -0.495 e. The van der Waals surface area contributed by atoms with Crippen molar-refractivity contribution in [2.45, 2.75) is 46.6 Å². The molecule has 2 N–H and O–H groups in total. The van der Waals surface area contributed by atoms with E-state index in [1.54, 1.807) is 7.11 Å². The van der Waals surface area contributed by atoms with Gasteiger partial charge in [-0.1, -0.05) is 26.0 Å². The molecule has 0 aliphatic heterocycles. The molecule has 0 bridgehead atoms. The van der Waals surface area contributed by atoms with Crippen molar-refractivity contribution < 1.29 is 4.74 Å².